The lowest BCUT2D eigenvalue weighted by Crippen LogP contribution is -2.27. The van der Waals surface area contributed by atoms with Crippen LogP contribution in [0, 0.1) is 13.8 Å². The van der Waals surface area contributed by atoms with Gasteiger partial charge >= 0.3 is 0 Å². The number of nitrogens with zero attached hydrogens (tertiary/aromatic N) is 4. The fourth-order valence-corrected chi connectivity index (χ4v) is 3.30. The smallest absolute Gasteiger partial charge is 0.265 e. The lowest BCUT2D eigenvalue weighted by molar-refractivity contribution is 0.866. The van der Waals surface area contributed by atoms with E-state index in [4.69, 9.17) is 0 Å². The molecule has 3 heterocycles. The van der Waals surface area contributed by atoms with E-state index in [0.717, 1.165) is 11.1 Å². The Labute approximate surface area is 134 Å². The molecule has 0 atom stereocenters. The minimum Gasteiger partial charge on any atom is -0.265 e. The molecule has 0 saturated heterocycles. The Balaban J connectivity index is 2.15. The summed E-state index contributed by atoms with van der Waals surface area (Å²) in [4.78, 5) is 26.0. The van der Waals surface area contributed by atoms with E-state index in [1.54, 1.807) is 0 Å². The zero-order valence-electron chi connectivity index (χ0n) is 13.1. The molecule has 0 radical (unpaired) electrons. The third-order valence-electron chi connectivity index (χ3n) is 4.44. The molecule has 5 aromatic rings. The number of rotatable bonds is 0. The first-order valence-corrected chi connectivity index (χ1v) is 7.63. The third kappa shape index (κ3) is 1.49. The van der Waals surface area contributed by atoms with E-state index in [0.29, 0.717) is 21.8 Å². The molecule has 0 amide bonds. The van der Waals surface area contributed by atoms with Crippen LogP contribution in [0.25, 0.3) is 32.8 Å². The summed E-state index contributed by atoms with van der Waals surface area (Å²) in [5, 5.41) is 10.0. The van der Waals surface area contributed by atoms with Crippen molar-refractivity contribution in [2.75, 3.05) is 0 Å². The molecule has 0 bridgehead atoms. The van der Waals surface area contributed by atoms with E-state index >= 15 is 0 Å². The minimum atomic E-state index is -0.327. The highest BCUT2D eigenvalue weighted by molar-refractivity contribution is 5.98. The molecule has 116 valence electrons. The molecule has 2 aromatic carbocycles. The van der Waals surface area contributed by atoms with Gasteiger partial charge in [-0.2, -0.15) is 19.2 Å². The number of aromatic nitrogens is 4. The summed E-state index contributed by atoms with van der Waals surface area (Å²) in [5.41, 5.74) is 3.16. The quantitative estimate of drug-likeness (QED) is 0.438. The van der Waals surface area contributed by atoms with Gasteiger partial charge in [-0.25, -0.2) is 0 Å². The van der Waals surface area contributed by atoms with Crippen molar-refractivity contribution in [1.29, 1.82) is 0 Å². The molecule has 6 heteroatoms. The standard InChI is InChI=1S/C18H12N4O2/c1-9-3-5-13-11(7-9)15-17(23)22-16(18(24)21(15)19-13)12-8-10(2)4-6-14(12)20-22/h3-8H,1-2H3. The number of hydrogen-bond donors (Lipinski definition) is 0. The summed E-state index contributed by atoms with van der Waals surface area (Å²) in [5.74, 6) is 0. The maximum absolute atomic E-state index is 13.0. The van der Waals surface area contributed by atoms with E-state index in [1.807, 2.05) is 50.2 Å². The molecular formula is C18H12N4O2. The molecule has 6 nitrogen and oxygen atoms in total. The van der Waals surface area contributed by atoms with Gasteiger partial charge in [-0.15, -0.1) is 0 Å². The summed E-state index contributed by atoms with van der Waals surface area (Å²) in [6.07, 6.45) is 0. The van der Waals surface area contributed by atoms with Crippen LogP contribution >= 0.6 is 0 Å². The van der Waals surface area contributed by atoms with Crippen molar-refractivity contribution in [3.05, 3.63) is 68.2 Å². The monoisotopic (exact) mass is 316 g/mol. The van der Waals surface area contributed by atoms with Gasteiger partial charge in [-0.05, 0) is 38.1 Å². The Morgan fingerprint density at radius 3 is 1.54 bits per heavy atom. The molecule has 24 heavy (non-hydrogen) atoms. The van der Waals surface area contributed by atoms with Crippen LogP contribution in [-0.2, 0) is 0 Å². The van der Waals surface area contributed by atoms with Crippen molar-refractivity contribution < 1.29 is 0 Å². The van der Waals surface area contributed by atoms with Crippen LogP contribution in [0.5, 0.6) is 0 Å². The summed E-state index contributed by atoms with van der Waals surface area (Å²) >= 11 is 0. The number of fused-ring (bicyclic) bond motifs is 6. The number of hydrogen-bond acceptors (Lipinski definition) is 4. The highest BCUT2D eigenvalue weighted by Gasteiger charge is 2.19. The molecule has 0 aliphatic carbocycles. The van der Waals surface area contributed by atoms with Crippen molar-refractivity contribution in [3.8, 4) is 0 Å². The maximum atomic E-state index is 13.0. The van der Waals surface area contributed by atoms with Crippen molar-refractivity contribution in [1.82, 2.24) is 19.2 Å². The molecule has 3 aromatic heterocycles. The first kappa shape index (κ1) is 13.2. The molecule has 5 rings (SSSR count). The predicted octanol–water partition coefficient (Wildman–Crippen LogP) is 2.06. The van der Waals surface area contributed by atoms with Crippen molar-refractivity contribution in [3.63, 3.8) is 0 Å². The van der Waals surface area contributed by atoms with Gasteiger partial charge in [0.1, 0.15) is 11.0 Å². The third-order valence-corrected chi connectivity index (χ3v) is 4.44. The van der Waals surface area contributed by atoms with Crippen LogP contribution in [0.3, 0.4) is 0 Å². The fraction of sp³-hybridized carbons (Fsp3) is 0.111. The van der Waals surface area contributed by atoms with E-state index in [9.17, 15) is 9.59 Å². The predicted molar refractivity (Wildman–Crippen MR) is 92.2 cm³/mol. The molecule has 0 N–H and O–H groups in total. The zero-order chi connectivity index (χ0) is 16.6. The SMILES string of the molecule is Cc1ccc2nn3c(=O)c4c5cc(C)ccc5nn4c(=O)c3c2c1. The summed E-state index contributed by atoms with van der Waals surface area (Å²) in [6.45, 7) is 3.88. The summed E-state index contributed by atoms with van der Waals surface area (Å²) in [7, 11) is 0. The molecule has 0 unspecified atom stereocenters. The Hall–Kier alpha value is -3.28. The molecular weight excluding hydrogens is 304 g/mol. The lowest BCUT2D eigenvalue weighted by Gasteiger charge is -1.95. The van der Waals surface area contributed by atoms with Gasteiger partial charge in [0.05, 0.1) is 11.0 Å². The van der Waals surface area contributed by atoms with E-state index in [-0.39, 0.29) is 22.2 Å². The second-order valence-electron chi connectivity index (χ2n) is 6.17. The highest BCUT2D eigenvalue weighted by Crippen LogP contribution is 2.21. The molecule has 0 spiro atoms. The van der Waals surface area contributed by atoms with Gasteiger partial charge in [-0.3, -0.25) is 9.59 Å². The van der Waals surface area contributed by atoms with Gasteiger partial charge in [0.2, 0.25) is 0 Å². The Bertz CT molecular complexity index is 1300. The van der Waals surface area contributed by atoms with E-state index < -0.39 is 0 Å². The topological polar surface area (TPSA) is 68.7 Å². The van der Waals surface area contributed by atoms with Crippen LogP contribution in [0.2, 0.25) is 0 Å². The van der Waals surface area contributed by atoms with Crippen molar-refractivity contribution in [2.45, 2.75) is 13.8 Å². The van der Waals surface area contributed by atoms with Crippen LogP contribution < -0.4 is 11.1 Å². The van der Waals surface area contributed by atoms with Crippen LogP contribution in [0.4, 0.5) is 0 Å². The minimum absolute atomic E-state index is 0.274. The van der Waals surface area contributed by atoms with Gasteiger partial charge in [0.15, 0.2) is 0 Å². The first-order valence-electron chi connectivity index (χ1n) is 7.63. The molecule has 0 aliphatic heterocycles. The first-order chi connectivity index (χ1) is 11.5. The van der Waals surface area contributed by atoms with Crippen molar-refractivity contribution >= 4 is 32.8 Å². The van der Waals surface area contributed by atoms with Crippen LogP contribution in [0.15, 0.2) is 46.0 Å². The normalized spacial score (nSPS) is 12.1. The van der Waals surface area contributed by atoms with Gasteiger partial charge < -0.3 is 0 Å². The van der Waals surface area contributed by atoms with Crippen LogP contribution in [0.1, 0.15) is 11.1 Å². The fourth-order valence-electron chi connectivity index (χ4n) is 3.30. The van der Waals surface area contributed by atoms with Gasteiger partial charge in [-0.1, -0.05) is 23.3 Å². The Morgan fingerprint density at radius 2 is 1.12 bits per heavy atom. The lowest BCUT2D eigenvalue weighted by atomic mass is 10.1. The summed E-state index contributed by atoms with van der Waals surface area (Å²) < 4.78 is 2.43. The van der Waals surface area contributed by atoms with E-state index in [1.165, 1.54) is 9.03 Å². The van der Waals surface area contributed by atoms with Crippen molar-refractivity contribution in [2.24, 2.45) is 0 Å². The van der Waals surface area contributed by atoms with Gasteiger partial charge in [0, 0.05) is 10.8 Å². The zero-order valence-corrected chi connectivity index (χ0v) is 13.1. The maximum Gasteiger partial charge on any atom is 0.298 e. The average Bonchev–Trinajstić information content (AvgIpc) is 3.11. The molecule has 0 saturated carbocycles. The molecule has 0 aliphatic rings. The Morgan fingerprint density at radius 1 is 0.708 bits per heavy atom. The summed E-state index contributed by atoms with van der Waals surface area (Å²) in [6, 6.07) is 11.2. The molecule has 0 fully saturated rings. The number of aryl methyl sites for hydroxylation is 2. The number of benzene rings is 2. The average molecular weight is 316 g/mol. The largest absolute Gasteiger partial charge is 0.298 e. The second-order valence-corrected chi connectivity index (χ2v) is 6.17. The van der Waals surface area contributed by atoms with Crippen LogP contribution in [-0.4, -0.2) is 19.2 Å². The highest BCUT2D eigenvalue weighted by atomic mass is 16.2. The van der Waals surface area contributed by atoms with Gasteiger partial charge in [0.25, 0.3) is 11.1 Å². The Kier molecular flexibility index (Phi) is 2.29. The second kappa shape index (κ2) is 4.17. The van der Waals surface area contributed by atoms with E-state index in [2.05, 4.69) is 10.2 Å².